The van der Waals surface area contributed by atoms with Crippen molar-refractivity contribution < 1.29 is 22.7 Å². The molecule has 1 atom stereocenters. The van der Waals surface area contributed by atoms with E-state index in [0.717, 1.165) is 17.5 Å². The molecular weight excluding hydrogens is 385 g/mol. The van der Waals surface area contributed by atoms with Gasteiger partial charge < -0.3 is 15.4 Å². The maximum atomic E-state index is 12.8. The number of hydrogen-bond acceptors (Lipinski definition) is 5. The van der Waals surface area contributed by atoms with Crippen molar-refractivity contribution in [2.45, 2.75) is 18.7 Å². The van der Waals surface area contributed by atoms with E-state index in [1.807, 2.05) is 29.2 Å². The third kappa shape index (κ3) is 3.94. The quantitative estimate of drug-likeness (QED) is 0.717. The van der Waals surface area contributed by atoms with Gasteiger partial charge in [0.1, 0.15) is 11.9 Å². The summed E-state index contributed by atoms with van der Waals surface area (Å²) >= 11 is 0. The molecule has 29 heavy (non-hydrogen) atoms. The van der Waals surface area contributed by atoms with Gasteiger partial charge in [-0.3, -0.25) is 0 Å². The number of nitrogens with zero attached hydrogens (tertiary/aromatic N) is 3. The molecule has 150 valence electrons. The highest BCUT2D eigenvalue weighted by atomic mass is 19.4. The Balaban J connectivity index is 1.73. The van der Waals surface area contributed by atoms with Crippen LogP contribution in [0, 0.1) is 0 Å². The van der Waals surface area contributed by atoms with E-state index < -0.39 is 17.8 Å². The molecule has 1 fully saturated rings. The number of para-hydroxylation sites is 1. The van der Waals surface area contributed by atoms with Gasteiger partial charge in [-0.15, -0.1) is 0 Å². The first-order valence-electron chi connectivity index (χ1n) is 8.97. The third-order valence-electron chi connectivity index (χ3n) is 4.78. The van der Waals surface area contributed by atoms with Crippen LogP contribution >= 0.6 is 0 Å². The maximum absolute atomic E-state index is 12.8. The number of nitrogens with two attached hydrogens (primary N) is 1. The zero-order chi connectivity index (χ0) is 20.6. The number of ether oxygens (including phenoxy) is 1. The molecule has 1 aromatic heterocycles. The third-order valence-corrected chi connectivity index (χ3v) is 4.78. The molecule has 6 nitrogen and oxygen atoms in total. The van der Waals surface area contributed by atoms with Crippen molar-refractivity contribution in [2.75, 3.05) is 18.0 Å². The molecule has 2 heterocycles. The lowest BCUT2D eigenvalue weighted by Gasteiger charge is -2.20. The van der Waals surface area contributed by atoms with Crippen molar-refractivity contribution in [3.8, 4) is 11.4 Å². The van der Waals surface area contributed by atoms with Crippen LogP contribution in [0.1, 0.15) is 12.0 Å². The summed E-state index contributed by atoms with van der Waals surface area (Å²) in [5.74, 6) is 0.966. The molecule has 3 aromatic rings. The number of benzene rings is 2. The van der Waals surface area contributed by atoms with Crippen molar-refractivity contribution >= 4 is 22.8 Å². The Morgan fingerprint density at radius 2 is 1.83 bits per heavy atom. The zero-order valence-electron chi connectivity index (χ0n) is 15.2. The van der Waals surface area contributed by atoms with E-state index >= 15 is 0 Å². The number of hydrogen-bond donors (Lipinski definition) is 1. The smallest absolute Gasteiger partial charge is 0.416 e. The van der Waals surface area contributed by atoms with E-state index in [1.165, 1.54) is 12.1 Å². The van der Waals surface area contributed by atoms with E-state index in [2.05, 4.69) is 9.97 Å². The van der Waals surface area contributed by atoms with Crippen molar-refractivity contribution in [3.05, 3.63) is 54.1 Å². The Kier molecular flexibility index (Phi) is 4.73. The molecule has 0 aliphatic carbocycles. The summed E-state index contributed by atoms with van der Waals surface area (Å²) in [6.45, 7) is 1.03. The summed E-state index contributed by atoms with van der Waals surface area (Å²) in [5, 5.41) is 0.808. The fraction of sp³-hybridized carbons (Fsp3) is 0.250. The van der Waals surface area contributed by atoms with Crippen LogP contribution < -0.4 is 10.6 Å². The van der Waals surface area contributed by atoms with E-state index in [4.69, 9.17) is 10.5 Å². The van der Waals surface area contributed by atoms with Crippen LogP contribution in [-0.2, 0) is 10.9 Å². The predicted octanol–water partition coefficient (Wildman–Crippen LogP) is 3.99. The van der Waals surface area contributed by atoms with E-state index in [1.54, 1.807) is 0 Å². The van der Waals surface area contributed by atoms with Gasteiger partial charge >= 0.3 is 12.3 Å². The highest BCUT2D eigenvalue weighted by molar-refractivity contribution is 5.91. The molecule has 1 amide bonds. The van der Waals surface area contributed by atoms with Crippen LogP contribution in [0.25, 0.3) is 22.3 Å². The number of carbonyl (C=O) groups is 1. The Morgan fingerprint density at radius 1 is 1.10 bits per heavy atom. The molecule has 0 spiro atoms. The summed E-state index contributed by atoms with van der Waals surface area (Å²) in [6.07, 6.45) is -4.96. The second-order valence-electron chi connectivity index (χ2n) is 6.76. The van der Waals surface area contributed by atoms with Crippen LogP contribution in [0.2, 0.25) is 0 Å². The maximum Gasteiger partial charge on any atom is 0.416 e. The molecule has 1 aliphatic heterocycles. The Labute approximate surface area is 164 Å². The number of rotatable bonds is 3. The van der Waals surface area contributed by atoms with Crippen molar-refractivity contribution in [2.24, 2.45) is 5.73 Å². The molecule has 9 heteroatoms. The first kappa shape index (κ1) is 19.0. The SMILES string of the molecule is NC(=O)OC1CCN(c2nc(-c3ccc(C(F)(F)F)cc3)nc3ccccc23)C1. The lowest BCUT2D eigenvalue weighted by Crippen LogP contribution is -2.27. The van der Waals surface area contributed by atoms with E-state index in [-0.39, 0.29) is 6.10 Å². The highest BCUT2D eigenvalue weighted by Gasteiger charge is 2.30. The van der Waals surface area contributed by atoms with Crippen molar-refractivity contribution in [3.63, 3.8) is 0 Å². The highest BCUT2D eigenvalue weighted by Crippen LogP contribution is 2.33. The largest absolute Gasteiger partial charge is 0.444 e. The summed E-state index contributed by atoms with van der Waals surface area (Å²) in [4.78, 5) is 22.1. The Bertz CT molecular complexity index is 1050. The van der Waals surface area contributed by atoms with Gasteiger partial charge in [0.2, 0.25) is 0 Å². The summed E-state index contributed by atoms with van der Waals surface area (Å²) in [7, 11) is 0. The number of carbonyl (C=O) groups excluding carboxylic acids is 1. The molecule has 2 N–H and O–H groups in total. The van der Waals surface area contributed by atoms with Crippen LogP contribution in [0.3, 0.4) is 0 Å². The molecular formula is C20H17F3N4O2. The van der Waals surface area contributed by atoms with Gasteiger partial charge in [-0.1, -0.05) is 24.3 Å². The van der Waals surface area contributed by atoms with Crippen molar-refractivity contribution in [1.29, 1.82) is 0 Å². The standard InChI is InChI=1S/C20H17F3N4O2/c21-20(22,23)13-7-5-12(6-8-13)17-25-16-4-2-1-3-15(16)18(26-17)27-10-9-14(11-27)29-19(24)28/h1-8,14H,9-11H2,(H2,24,28). The molecule has 1 aliphatic rings. The van der Waals surface area contributed by atoms with Crippen LogP contribution in [0.4, 0.5) is 23.8 Å². The Morgan fingerprint density at radius 3 is 2.52 bits per heavy atom. The van der Waals surface area contributed by atoms with Gasteiger partial charge in [-0.25, -0.2) is 14.8 Å². The first-order valence-corrected chi connectivity index (χ1v) is 8.97. The molecule has 1 saturated heterocycles. The topological polar surface area (TPSA) is 81.3 Å². The average Bonchev–Trinajstić information content (AvgIpc) is 3.14. The number of anilines is 1. The van der Waals surface area contributed by atoms with Gasteiger partial charge in [-0.2, -0.15) is 13.2 Å². The number of aromatic nitrogens is 2. The lowest BCUT2D eigenvalue weighted by atomic mass is 10.1. The minimum absolute atomic E-state index is 0.326. The van der Waals surface area contributed by atoms with Gasteiger partial charge in [0, 0.05) is 23.9 Å². The first-order chi connectivity index (χ1) is 13.8. The fourth-order valence-corrected chi connectivity index (χ4v) is 3.42. The van der Waals surface area contributed by atoms with Gasteiger partial charge in [0.25, 0.3) is 0 Å². The Hall–Kier alpha value is -3.36. The van der Waals surface area contributed by atoms with Crippen LogP contribution in [0.5, 0.6) is 0 Å². The van der Waals surface area contributed by atoms with Crippen molar-refractivity contribution in [1.82, 2.24) is 9.97 Å². The molecule has 4 rings (SSSR count). The summed E-state index contributed by atoms with van der Waals surface area (Å²) in [6, 6.07) is 12.1. The molecule has 0 radical (unpaired) electrons. The number of amides is 1. The van der Waals surface area contributed by atoms with Crippen LogP contribution in [-0.4, -0.2) is 35.3 Å². The zero-order valence-corrected chi connectivity index (χ0v) is 15.2. The molecule has 2 aromatic carbocycles. The number of halogens is 3. The predicted molar refractivity (Wildman–Crippen MR) is 101 cm³/mol. The summed E-state index contributed by atoms with van der Waals surface area (Å²) < 4.78 is 43.6. The second-order valence-corrected chi connectivity index (χ2v) is 6.76. The fourth-order valence-electron chi connectivity index (χ4n) is 3.42. The summed E-state index contributed by atoms with van der Waals surface area (Å²) in [5.41, 5.74) is 5.53. The van der Waals surface area contributed by atoms with E-state index in [9.17, 15) is 18.0 Å². The number of fused-ring (bicyclic) bond motifs is 1. The van der Waals surface area contributed by atoms with Gasteiger partial charge in [0.05, 0.1) is 17.6 Å². The van der Waals surface area contributed by atoms with Gasteiger partial charge in [-0.05, 0) is 24.3 Å². The van der Waals surface area contributed by atoms with Crippen LogP contribution in [0.15, 0.2) is 48.5 Å². The van der Waals surface area contributed by atoms with E-state index in [0.29, 0.717) is 42.2 Å². The minimum Gasteiger partial charge on any atom is -0.444 e. The average molecular weight is 402 g/mol. The number of primary amides is 1. The molecule has 1 unspecified atom stereocenters. The molecule has 0 bridgehead atoms. The lowest BCUT2D eigenvalue weighted by molar-refractivity contribution is -0.137. The minimum atomic E-state index is -4.40. The van der Waals surface area contributed by atoms with Gasteiger partial charge in [0.15, 0.2) is 5.82 Å². The normalized spacial score (nSPS) is 16.9. The monoisotopic (exact) mass is 402 g/mol. The number of alkyl halides is 3. The second kappa shape index (κ2) is 7.23. The molecule has 0 saturated carbocycles.